The monoisotopic (exact) mass is 1330 g/mol. The van der Waals surface area contributed by atoms with Crippen LogP contribution < -0.4 is 21.3 Å². The topological polar surface area (TPSA) is 312 Å². The fraction of sp³-hybridized carbons (Fsp3) is 0.881. The molecule has 0 aromatic carbocycles. The van der Waals surface area contributed by atoms with Crippen LogP contribution in [0.4, 0.5) is 0 Å². The van der Waals surface area contributed by atoms with E-state index in [0.717, 1.165) is 45.1 Å². The minimum atomic E-state index is -1.18. The summed E-state index contributed by atoms with van der Waals surface area (Å²) in [6.07, 6.45) is 18.7. The lowest BCUT2D eigenvalue weighted by Crippen LogP contribution is -2.47. The van der Waals surface area contributed by atoms with Crippen LogP contribution in [0.2, 0.25) is 0 Å². The van der Waals surface area contributed by atoms with E-state index in [-0.39, 0.29) is 73.7 Å². The van der Waals surface area contributed by atoms with Crippen LogP contribution in [0.1, 0.15) is 182 Å². The summed E-state index contributed by atoms with van der Waals surface area (Å²) in [6.45, 7) is 23.9. The number of aromatic nitrogens is 3. The average Bonchev–Trinajstić information content (AvgIpc) is 3.97. The molecule has 1 aromatic heterocycles. The van der Waals surface area contributed by atoms with Gasteiger partial charge in [-0.2, -0.15) is 0 Å². The second kappa shape index (κ2) is 62.5. The number of carbonyl (C=O) groups is 6. The van der Waals surface area contributed by atoms with Crippen molar-refractivity contribution in [1.29, 1.82) is 0 Å². The number of aliphatic carboxylic acids is 1. The molecule has 4 amide bonds. The van der Waals surface area contributed by atoms with E-state index in [1.165, 1.54) is 38.5 Å². The van der Waals surface area contributed by atoms with Crippen molar-refractivity contribution in [3.63, 3.8) is 0 Å². The van der Waals surface area contributed by atoms with Crippen molar-refractivity contribution in [2.45, 2.75) is 201 Å². The molecule has 0 aliphatic heterocycles. The van der Waals surface area contributed by atoms with Crippen LogP contribution in [0, 0.1) is 11.3 Å². The molecule has 1 aromatic rings. The van der Waals surface area contributed by atoms with Gasteiger partial charge < -0.3 is 83.2 Å². The van der Waals surface area contributed by atoms with E-state index in [1.54, 1.807) is 0 Å². The average molecular weight is 1330 g/mol. The number of carbonyl (C=O) groups excluding carboxylic acids is 5. The summed E-state index contributed by atoms with van der Waals surface area (Å²) in [5, 5.41) is 29.3. The Bertz CT molecular complexity index is 1970. The Morgan fingerprint density at radius 3 is 1.34 bits per heavy atom. The molecule has 1 unspecified atom stereocenters. The molecule has 1 rings (SSSR count). The fourth-order valence-electron chi connectivity index (χ4n) is 8.93. The van der Waals surface area contributed by atoms with Crippen LogP contribution in [0.5, 0.6) is 0 Å². The first-order valence-electron chi connectivity index (χ1n) is 34.9. The van der Waals surface area contributed by atoms with Gasteiger partial charge in [0.25, 0.3) is 0 Å². The third kappa shape index (κ3) is 56.6. The Hall–Kier alpha value is -4.32. The normalized spacial score (nSPS) is 12.6. The lowest BCUT2D eigenvalue weighted by molar-refractivity contribution is -0.142. The highest BCUT2D eigenvalue weighted by atomic mass is 16.6. The molecule has 93 heavy (non-hydrogen) atoms. The summed E-state index contributed by atoms with van der Waals surface area (Å²) in [7, 11) is 0. The van der Waals surface area contributed by atoms with Gasteiger partial charge in [0.15, 0.2) is 0 Å². The number of carboxylic acid groups (broad SMARTS) is 1. The highest BCUT2D eigenvalue weighted by Gasteiger charge is 2.23. The maximum Gasteiger partial charge on any atom is 0.326 e. The number of amides is 4. The van der Waals surface area contributed by atoms with Crippen molar-refractivity contribution in [3.05, 3.63) is 11.9 Å². The Labute approximate surface area is 556 Å². The molecule has 5 N–H and O–H groups in total. The number of hydrogen-bond donors (Lipinski definition) is 5. The third-order valence-electron chi connectivity index (χ3n) is 14.9. The first-order valence-corrected chi connectivity index (χ1v) is 34.9. The van der Waals surface area contributed by atoms with Gasteiger partial charge in [-0.05, 0) is 44.4 Å². The lowest BCUT2D eigenvalue weighted by atomic mass is 9.89. The zero-order chi connectivity index (χ0) is 67.9. The van der Waals surface area contributed by atoms with Gasteiger partial charge >= 0.3 is 5.97 Å². The van der Waals surface area contributed by atoms with Crippen LogP contribution in [0.15, 0.2) is 6.20 Å². The molecular formula is C67H125N7O19. The van der Waals surface area contributed by atoms with E-state index in [2.05, 4.69) is 52.4 Å². The predicted octanol–water partition coefficient (Wildman–Crippen LogP) is 6.79. The molecule has 542 valence electrons. The van der Waals surface area contributed by atoms with E-state index in [4.69, 9.17) is 56.8 Å². The molecule has 1 heterocycles. The van der Waals surface area contributed by atoms with Gasteiger partial charge in [-0.3, -0.25) is 28.7 Å². The number of ketones is 1. The number of ether oxygens (including phenoxy) is 12. The molecule has 0 saturated heterocycles. The molecule has 0 spiro atoms. The summed E-state index contributed by atoms with van der Waals surface area (Å²) in [6, 6.07) is -1.98. The SMILES string of the molecule is CCCCCCCCCCCC(=O)N[C@@H](CCC(=O)NCCCC[C@H](NC(=O)CCc1cn(CCCCC(C)CC)nn1)C(=O)NCCOCCOCCOCCOCCOCCOCCOCCOCCOCCOCCOCCOCCC(=O)C(C)(C)C)C(=O)O. The maximum absolute atomic E-state index is 13.4. The van der Waals surface area contributed by atoms with Gasteiger partial charge in [0.1, 0.15) is 17.9 Å². The first kappa shape index (κ1) is 86.7. The lowest BCUT2D eigenvalue weighted by Gasteiger charge is -2.19. The molecule has 0 saturated carbocycles. The van der Waals surface area contributed by atoms with Crippen molar-refractivity contribution < 1.29 is 90.7 Å². The van der Waals surface area contributed by atoms with Gasteiger partial charge in [-0.1, -0.05) is 117 Å². The molecule has 3 atom stereocenters. The Morgan fingerprint density at radius 1 is 0.452 bits per heavy atom. The number of aryl methyl sites for hydroxylation is 2. The van der Waals surface area contributed by atoms with Crippen molar-refractivity contribution in [2.24, 2.45) is 11.3 Å². The molecule has 0 aliphatic carbocycles. The number of nitrogens with zero attached hydrogens (tertiary/aromatic N) is 3. The van der Waals surface area contributed by atoms with Gasteiger partial charge in [0.05, 0.1) is 164 Å². The molecule has 0 fully saturated rings. The molecule has 26 nitrogen and oxygen atoms in total. The number of unbranched alkanes of at least 4 members (excludes halogenated alkanes) is 10. The summed E-state index contributed by atoms with van der Waals surface area (Å²) in [5.74, 6) is -1.61. The molecule has 0 bridgehead atoms. The van der Waals surface area contributed by atoms with Crippen molar-refractivity contribution in [1.82, 2.24) is 36.3 Å². The second-order valence-corrected chi connectivity index (χ2v) is 24.1. The van der Waals surface area contributed by atoms with Gasteiger partial charge in [-0.25, -0.2) is 4.79 Å². The summed E-state index contributed by atoms with van der Waals surface area (Å²) >= 11 is 0. The minimum Gasteiger partial charge on any atom is -0.480 e. The van der Waals surface area contributed by atoms with Crippen molar-refractivity contribution in [2.75, 3.05) is 172 Å². The zero-order valence-corrected chi connectivity index (χ0v) is 58.1. The Morgan fingerprint density at radius 2 is 0.882 bits per heavy atom. The number of Topliss-reactive ketones (excluding diaryl/α,β-unsaturated/α-hetero) is 1. The van der Waals surface area contributed by atoms with Crippen LogP contribution >= 0.6 is 0 Å². The van der Waals surface area contributed by atoms with Crippen molar-refractivity contribution >= 4 is 35.4 Å². The highest BCUT2D eigenvalue weighted by molar-refractivity contribution is 5.87. The molecule has 0 radical (unpaired) electrons. The largest absolute Gasteiger partial charge is 0.480 e. The number of carboxylic acids is 1. The van der Waals surface area contributed by atoms with Crippen LogP contribution in [0.25, 0.3) is 0 Å². The fourth-order valence-corrected chi connectivity index (χ4v) is 8.93. The van der Waals surface area contributed by atoms with E-state index in [0.29, 0.717) is 209 Å². The van der Waals surface area contributed by atoms with Gasteiger partial charge in [0, 0.05) is 63.4 Å². The Kier molecular flexibility index (Phi) is 58.2. The smallest absolute Gasteiger partial charge is 0.326 e. The van der Waals surface area contributed by atoms with E-state index < -0.39 is 18.1 Å². The first-order chi connectivity index (χ1) is 45.2. The summed E-state index contributed by atoms with van der Waals surface area (Å²) in [4.78, 5) is 75.5. The minimum absolute atomic E-state index is 0.0344. The number of hydrogen-bond acceptors (Lipinski definition) is 20. The summed E-state index contributed by atoms with van der Waals surface area (Å²) < 4.78 is 68.2. The van der Waals surface area contributed by atoms with Gasteiger partial charge in [-0.15, -0.1) is 5.10 Å². The summed E-state index contributed by atoms with van der Waals surface area (Å²) in [5.41, 5.74) is 0.365. The molecule has 26 heteroatoms. The van der Waals surface area contributed by atoms with Crippen molar-refractivity contribution in [3.8, 4) is 0 Å². The van der Waals surface area contributed by atoms with Crippen LogP contribution in [-0.4, -0.2) is 239 Å². The predicted molar refractivity (Wildman–Crippen MR) is 353 cm³/mol. The van der Waals surface area contributed by atoms with E-state index in [9.17, 15) is 33.9 Å². The molecular weight excluding hydrogens is 1210 g/mol. The standard InChI is InChI=1S/C67H125N7O19/c1-7-9-10-11-12-13-14-15-16-23-63(77)71-60(66(80)81)25-27-62(76)68-29-19-17-22-59(70-64(78)26-24-58-56-74(73-72-58)31-20-18-21-57(3)8-2)65(79)69-30-33-83-35-37-85-39-41-87-43-45-89-47-49-91-51-53-93-55-54-92-52-50-90-48-46-88-44-42-86-40-38-84-36-34-82-32-28-61(75)67(4,5)6/h56-57,59-60H,7-55H2,1-6H3,(H,68,76)(H,69,79)(H,70,78)(H,71,77)(H,80,81)/t57?,59-,60-/m0/s1. The number of rotatable bonds is 70. The zero-order valence-electron chi connectivity index (χ0n) is 58.1. The van der Waals surface area contributed by atoms with E-state index in [1.807, 2.05) is 31.6 Å². The maximum atomic E-state index is 13.4. The van der Waals surface area contributed by atoms with Gasteiger partial charge in [0.2, 0.25) is 23.6 Å². The molecule has 0 aliphatic rings. The van der Waals surface area contributed by atoms with Crippen LogP contribution in [0.3, 0.4) is 0 Å². The Balaban J connectivity index is 2.16. The van der Waals surface area contributed by atoms with E-state index >= 15 is 0 Å². The second-order valence-electron chi connectivity index (χ2n) is 24.1. The quantitative estimate of drug-likeness (QED) is 0.0419. The number of nitrogens with one attached hydrogen (secondary N) is 4. The third-order valence-corrected chi connectivity index (χ3v) is 14.9. The van der Waals surface area contributed by atoms with Crippen LogP contribution in [-0.2, 0) is 98.6 Å². The highest BCUT2D eigenvalue weighted by Crippen LogP contribution is 2.17.